The van der Waals surface area contributed by atoms with Crippen LogP contribution >= 0.6 is 11.3 Å². The van der Waals surface area contributed by atoms with E-state index in [9.17, 15) is 19.8 Å². The molecule has 11 rings (SSSR count). The first-order valence-electron chi connectivity index (χ1n) is 27.2. The number of pyridine rings is 1. The number of fused-ring (bicyclic) bond motifs is 2. The molecule has 6 aromatic rings. The van der Waals surface area contributed by atoms with Crippen molar-refractivity contribution in [1.29, 1.82) is 0 Å². The summed E-state index contributed by atoms with van der Waals surface area (Å²) >= 11 is 1.59. The van der Waals surface area contributed by atoms with Gasteiger partial charge in [-0.05, 0) is 105 Å². The van der Waals surface area contributed by atoms with Gasteiger partial charge in [-0.25, -0.2) is 9.97 Å². The van der Waals surface area contributed by atoms with Crippen molar-refractivity contribution >= 4 is 40.3 Å². The quantitative estimate of drug-likeness (QED) is 0.0717. The Labute approximate surface area is 453 Å². The Morgan fingerprint density at radius 2 is 1.66 bits per heavy atom. The van der Waals surface area contributed by atoms with Crippen molar-refractivity contribution in [2.75, 3.05) is 81.0 Å². The molecule has 5 N–H and O–H groups in total. The number of carbonyl (C=O) groups excluding carboxylic acids is 2. The van der Waals surface area contributed by atoms with E-state index in [2.05, 4.69) is 62.4 Å². The van der Waals surface area contributed by atoms with Crippen molar-refractivity contribution < 1.29 is 33.8 Å². The van der Waals surface area contributed by atoms with Crippen LogP contribution in [0.15, 0.2) is 89.0 Å². The molecule has 0 aliphatic carbocycles. The molecule has 5 fully saturated rings. The zero-order chi connectivity index (χ0) is 53.3. The summed E-state index contributed by atoms with van der Waals surface area (Å²) in [4.78, 5) is 49.4. The van der Waals surface area contributed by atoms with E-state index in [1.54, 1.807) is 29.5 Å². The van der Waals surface area contributed by atoms with Crippen LogP contribution in [-0.2, 0) is 9.59 Å². The maximum absolute atomic E-state index is 14.3. The first-order chi connectivity index (χ1) is 37.3. The van der Waals surface area contributed by atoms with Crippen molar-refractivity contribution in [3.05, 3.63) is 102 Å². The van der Waals surface area contributed by atoms with Crippen LogP contribution < -0.4 is 30.3 Å². The van der Waals surface area contributed by atoms with Gasteiger partial charge in [0.1, 0.15) is 30.4 Å². The number of thiazole rings is 1. The highest BCUT2D eigenvalue weighted by atomic mass is 32.1. The molecule has 2 aromatic carbocycles. The number of nitrogens with zero attached hydrogens (tertiary/aromatic N) is 10. The molecule has 20 heteroatoms. The average molecular weight is 1070 g/mol. The van der Waals surface area contributed by atoms with E-state index in [4.69, 9.17) is 19.7 Å². The Morgan fingerprint density at radius 1 is 0.896 bits per heavy atom. The second-order valence-corrected chi connectivity index (χ2v) is 22.8. The number of ether oxygens (including phenoxy) is 2. The number of aryl methyl sites for hydroxylation is 1. The van der Waals surface area contributed by atoms with Crippen molar-refractivity contribution in [1.82, 2.24) is 45.3 Å². The van der Waals surface area contributed by atoms with Crippen LogP contribution in [0.25, 0.3) is 21.7 Å². The first-order valence-corrected chi connectivity index (χ1v) is 28.1. The van der Waals surface area contributed by atoms with E-state index < -0.39 is 18.1 Å². The highest BCUT2D eigenvalue weighted by molar-refractivity contribution is 7.13. The number of nitrogen functional groups attached to an aromatic ring is 1. The Morgan fingerprint density at radius 3 is 2.39 bits per heavy atom. The molecular formula is C57H70N12O7S. The smallest absolute Gasteiger partial charge is 0.254 e. The monoisotopic (exact) mass is 1070 g/mol. The molecule has 19 nitrogen and oxygen atoms in total. The number of nitrogens with two attached hydrogens (primary N) is 1. The fourth-order valence-electron chi connectivity index (χ4n) is 12.2. The van der Waals surface area contributed by atoms with Crippen LogP contribution in [0, 0.1) is 18.8 Å². The summed E-state index contributed by atoms with van der Waals surface area (Å²) in [6.45, 7) is 15.4. The number of hydrogen-bond acceptors (Lipinski definition) is 18. The number of aromatic hydroxyl groups is 1. The lowest BCUT2D eigenvalue weighted by Gasteiger charge is -2.44. The standard InChI is InChI=1S/C57H70N12O7S/c1-34(2)53(57(73)68-30-43(70)24-48(68)56(72)61-35(3)38-9-11-39(12-10-38)54-36(4)60-33-77-54)50-26-52(64-76-50)74-22-21-65-19-16-37(17-20-65)27-66-31-44(32-66)75-51-23-40(15-18-59-51)69-41-13-14-42(69)29-67(28-41)47-25-46(62-63-55(47)58)45-7-5-6-8-49(45)71/h5-12,15,18,23,25-26,33-35,37,41-44,48,53,70-71H,13-14,16-17,19-22,24,27-32H2,1-4H3,(H2,58,63)(H,61,72)/t35-,41?,42?,43+,48-,53+/m0/s1. The van der Waals surface area contributed by atoms with Gasteiger partial charge in [0, 0.05) is 93.9 Å². The van der Waals surface area contributed by atoms with Crippen molar-refractivity contribution in [2.45, 2.75) is 102 Å². The molecular weight excluding hydrogens is 997 g/mol. The number of phenols is 1. The number of aliphatic hydroxyl groups excluding tert-OH is 1. The number of amides is 2. The number of hydrogen-bond donors (Lipinski definition) is 4. The van der Waals surface area contributed by atoms with Crippen LogP contribution in [-0.4, -0.2) is 158 Å². The van der Waals surface area contributed by atoms with Gasteiger partial charge >= 0.3 is 0 Å². The summed E-state index contributed by atoms with van der Waals surface area (Å²) in [5, 5.41) is 37.0. The van der Waals surface area contributed by atoms with E-state index in [1.165, 1.54) is 4.90 Å². The molecule has 2 bridgehead atoms. The number of likely N-dealkylation sites (tertiary alicyclic amines) is 3. The van der Waals surface area contributed by atoms with Crippen LogP contribution in [0.2, 0.25) is 0 Å². The van der Waals surface area contributed by atoms with E-state index in [1.807, 2.05) is 81.9 Å². The van der Waals surface area contributed by atoms with Gasteiger partial charge in [0.05, 0.1) is 39.6 Å². The topological polar surface area (TPSA) is 225 Å². The van der Waals surface area contributed by atoms with Crippen LogP contribution in [0.5, 0.6) is 17.5 Å². The Hall–Kier alpha value is -6.87. The minimum atomic E-state index is -0.823. The number of piperidine rings is 1. The fourth-order valence-corrected chi connectivity index (χ4v) is 13.0. The molecule has 5 aliphatic rings. The number of anilines is 3. The number of rotatable bonds is 18. The molecule has 2 unspecified atom stereocenters. The molecule has 0 radical (unpaired) electrons. The molecule has 2 amide bonds. The van der Waals surface area contributed by atoms with Gasteiger partial charge < -0.3 is 50.0 Å². The molecule has 0 saturated carbocycles. The third kappa shape index (κ3) is 11.4. The average Bonchev–Trinajstić information content (AvgIpc) is 4.22. The van der Waals surface area contributed by atoms with Crippen molar-refractivity contribution in [3.8, 4) is 39.2 Å². The van der Waals surface area contributed by atoms with Gasteiger partial charge in [0.25, 0.3) is 5.88 Å². The van der Waals surface area contributed by atoms with Crippen molar-refractivity contribution in [2.24, 2.45) is 11.8 Å². The Kier molecular flexibility index (Phi) is 15.3. The molecule has 0 spiro atoms. The number of para-hydroxylation sites is 1. The minimum Gasteiger partial charge on any atom is -0.507 e. The predicted octanol–water partition coefficient (Wildman–Crippen LogP) is 6.54. The lowest BCUT2D eigenvalue weighted by molar-refractivity contribution is -0.141. The summed E-state index contributed by atoms with van der Waals surface area (Å²) < 4.78 is 18.3. The van der Waals surface area contributed by atoms with Crippen LogP contribution in [0.3, 0.4) is 0 Å². The molecule has 5 saturated heterocycles. The SMILES string of the molecule is Cc1ncsc1-c1ccc([C@H](C)NC(=O)[C@@H]2C[C@@H](O)CN2C(=O)[C@@H](c2cc(OCCN3CCC(CN4CC(Oc5cc(N6C7CCC6CN(c6cc(-c8ccccc8O)nnc6N)C7)ccn5)C4)CC3)no2)C(C)C)cc1. The molecule has 5 aliphatic heterocycles. The van der Waals surface area contributed by atoms with Crippen LogP contribution in [0.1, 0.15) is 81.9 Å². The molecule has 77 heavy (non-hydrogen) atoms. The number of β-amino-alcohol motifs (C(OH)–C–C–N with tert-alkyl or cyclic N) is 1. The van der Waals surface area contributed by atoms with E-state index in [-0.39, 0.29) is 48.6 Å². The number of phenolic OH excluding ortho intramolecular Hbond substituents is 1. The number of aliphatic hydroxyl groups is 1. The molecule has 406 valence electrons. The van der Waals surface area contributed by atoms with E-state index in [0.29, 0.717) is 59.2 Å². The summed E-state index contributed by atoms with van der Waals surface area (Å²) in [6.07, 6.45) is 5.68. The number of aromatic nitrogens is 5. The number of benzene rings is 2. The summed E-state index contributed by atoms with van der Waals surface area (Å²) in [6, 6.07) is 22.5. The number of nitrogens with one attached hydrogen (secondary N) is 1. The maximum Gasteiger partial charge on any atom is 0.254 e. The summed E-state index contributed by atoms with van der Waals surface area (Å²) in [5.74, 6) is 1.06. The Bertz CT molecular complexity index is 3000. The fraction of sp³-hybridized carbons (Fsp3) is 0.491. The van der Waals surface area contributed by atoms with Gasteiger partial charge in [-0.15, -0.1) is 21.5 Å². The van der Waals surface area contributed by atoms with Gasteiger partial charge in [-0.3, -0.25) is 19.4 Å². The third-order valence-corrected chi connectivity index (χ3v) is 17.3. The second kappa shape index (κ2) is 22.6. The maximum atomic E-state index is 14.3. The summed E-state index contributed by atoms with van der Waals surface area (Å²) in [5.41, 5.74) is 14.4. The van der Waals surface area contributed by atoms with E-state index >= 15 is 0 Å². The van der Waals surface area contributed by atoms with E-state index in [0.717, 1.165) is 111 Å². The van der Waals surface area contributed by atoms with Gasteiger partial charge in [0.15, 0.2) is 11.6 Å². The zero-order valence-corrected chi connectivity index (χ0v) is 45.1. The lowest BCUT2D eigenvalue weighted by Crippen LogP contribution is -2.55. The lowest BCUT2D eigenvalue weighted by atomic mass is 9.91. The zero-order valence-electron chi connectivity index (χ0n) is 44.3. The van der Waals surface area contributed by atoms with Gasteiger partial charge in [-0.2, -0.15) is 0 Å². The normalized spacial score (nSPS) is 22.1. The highest BCUT2D eigenvalue weighted by Gasteiger charge is 2.44. The van der Waals surface area contributed by atoms with Gasteiger partial charge in [0.2, 0.25) is 17.7 Å². The predicted molar refractivity (Wildman–Crippen MR) is 294 cm³/mol. The number of carbonyl (C=O) groups is 2. The second-order valence-electron chi connectivity index (χ2n) is 22.0. The van der Waals surface area contributed by atoms with Crippen LogP contribution in [0.4, 0.5) is 17.2 Å². The Balaban J connectivity index is 0.601. The summed E-state index contributed by atoms with van der Waals surface area (Å²) in [7, 11) is 0. The number of piperazine rings is 1. The molecule has 6 atom stereocenters. The highest BCUT2D eigenvalue weighted by Crippen LogP contribution is 2.40. The van der Waals surface area contributed by atoms with Gasteiger partial charge in [-0.1, -0.05) is 50.2 Å². The largest absolute Gasteiger partial charge is 0.507 e. The minimum absolute atomic E-state index is 0.0591. The van der Waals surface area contributed by atoms with Crippen molar-refractivity contribution in [3.63, 3.8) is 0 Å². The molecule has 4 aromatic heterocycles. The molecule has 9 heterocycles. The third-order valence-electron chi connectivity index (χ3n) is 16.3. The first kappa shape index (κ1) is 52.2.